The minimum absolute atomic E-state index is 0.125. The molecule has 2 N–H and O–H groups in total. The second-order valence-corrected chi connectivity index (χ2v) is 9.64. The molecule has 1 unspecified atom stereocenters. The van der Waals surface area contributed by atoms with E-state index in [1.54, 1.807) is 12.1 Å². The largest absolute Gasteiger partial charge is 0.481 e. The van der Waals surface area contributed by atoms with E-state index in [9.17, 15) is 13.2 Å². The highest BCUT2D eigenvalue weighted by atomic mass is 35.5. The van der Waals surface area contributed by atoms with Crippen LogP contribution in [0.15, 0.2) is 70.9 Å². The number of carboxylic acid groups (broad SMARTS) is 1. The number of benzene rings is 2. The summed E-state index contributed by atoms with van der Waals surface area (Å²) < 4.78 is 28.6. The molecule has 29 heavy (non-hydrogen) atoms. The highest BCUT2D eigenvalue weighted by Crippen LogP contribution is 2.28. The van der Waals surface area contributed by atoms with Gasteiger partial charge in [-0.05, 0) is 59.7 Å². The van der Waals surface area contributed by atoms with E-state index in [0.717, 1.165) is 16.0 Å². The van der Waals surface area contributed by atoms with E-state index in [1.165, 1.54) is 23.5 Å². The van der Waals surface area contributed by atoms with E-state index in [-0.39, 0.29) is 11.3 Å². The molecule has 152 valence electrons. The van der Waals surface area contributed by atoms with E-state index in [0.29, 0.717) is 17.9 Å². The number of carboxylic acids is 1. The van der Waals surface area contributed by atoms with Crippen LogP contribution in [0.3, 0.4) is 0 Å². The van der Waals surface area contributed by atoms with E-state index in [1.807, 2.05) is 41.8 Å². The lowest BCUT2D eigenvalue weighted by atomic mass is 10.0. The molecule has 3 aromatic rings. The van der Waals surface area contributed by atoms with Crippen molar-refractivity contribution in [2.45, 2.75) is 30.2 Å². The molecule has 2 aromatic carbocycles. The third-order valence-electron chi connectivity index (χ3n) is 4.39. The zero-order valence-electron chi connectivity index (χ0n) is 15.4. The van der Waals surface area contributed by atoms with Crippen LogP contribution in [0.2, 0.25) is 5.02 Å². The molecule has 1 heterocycles. The molecule has 3 rings (SSSR count). The van der Waals surface area contributed by atoms with Gasteiger partial charge in [0, 0.05) is 16.3 Å². The molecular formula is C21H20ClNO4S2. The van der Waals surface area contributed by atoms with Gasteiger partial charge >= 0.3 is 5.97 Å². The molecular weight excluding hydrogens is 430 g/mol. The van der Waals surface area contributed by atoms with Crippen molar-refractivity contribution in [3.63, 3.8) is 0 Å². The Morgan fingerprint density at radius 3 is 2.34 bits per heavy atom. The molecule has 0 aliphatic carbocycles. The first-order valence-electron chi connectivity index (χ1n) is 8.97. The molecule has 1 aromatic heterocycles. The maximum Gasteiger partial charge on any atom is 0.303 e. The summed E-state index contributed by atoms with van der Waals surface area (Å²) in [5.74, 6) is -0.809. The molecule has 0 aliphatic heterocycles. The van der Waals surface area contributed by atoms with Gasteiger partial charge in [0.15, 0.2) is 0 Å². The van der Waals surface area contributed by atoms with Crippen molar-refractivity contribution < 1.29 is 18.3 Å². The van der Waals surface area contributed by atoms with Gasteiger partial charge in [0.1, 0.15) is 0 Å². The monoisotopic (exact) mass is 449 g/mol. The second kappa shape index (κ2) is 9.54. The van der Waals surface area contributed by atoms with Gasteiger partial charge in [-0.15, -0.1) is 11.3 Å². The van der Waals surface area contributed by atoms with Crippen molar-refractivity contribution in [1.29, 1.82) is 0 Å². The lowest BCUT2D eigenvalue weighted by Gasteiger charge is -2.19. The van der Waals surface area contributed by atoms with E-state index < -0.39 is 22.0 Å². The topological polar surface area (TPSA) is 83.5 Å². The molecule has 1 atom stereocenters. The number of aryl methyl sites for hydroxylation is 1. The van der Waals surface area contributed by atoms with Gasteiger partial charge in [0.2, 0.25) is 10.0 Å². The van der Waals surface area contributed by atoms with Crippen LogP contribution >= 0.6 is 22.9 Å². The highest BCUT2D eigenvalue weighted by Gasteiger charge is 2.23. The zero-order valence-corrected chi connectivity index (χ0v) is 17.8. The molecule has 5 nitrogen and oxygen atoms in total. The number of carbonyl (C=O) groups is 1. The molecule has 8 heteroatoms. The van der Waals surface area contributed by atoms with Gasteiger partial charge in [0.25, 0.3) is 0 Å². The quantitative estimate of drug-likeness (QED) is 0.487. The summed E-state index contributed by atoms with van der Waals surface area (Å²) in [6.45, 7) is 0. The Morgan fingerprint density at radius 1 is 1.07 bits per heavy atom. The fraction of sp³-hybridized carbons (Fsp3) is 0.190. The summed E-state index contributed by atoms with van der Waals surface area (Å²) in [7, 11) is -3.75. The first kappa shape index (κ1) is 21.5. The average Bonchev–Trinajstić information content (AvgIpc) is 3.21. The Labute approximate surface area is 179 Å². The first-order valence-corrected chi connectivity index (χ1v) is 11.7. The molecule has 0 saturated heterocycles. The molecule has 0 spiro atoms. The smallest absolute Gasteiger partial charge is 0.303 e. The summed E-state index contributed by atoms with van der Waals surface area (Å²) in [5, 5.41) is 11.1. The van der Waals surface area contributed by atoms with Gasteiger partial charge < -0.3 is 5.11 Å². The first-order chi connectivity index (χ1) is 13.8. The van der Waals surface area contributed by atoms with Crippen LogP contribution in [-0.2, 0) is 21.2 Å². The number of aliphatic carboxylic acids is 1. The van der Waals surface area contributed by atoms with Crippen LogP contribution < -0.4 is 4.72 Å². The molecule has 0 aliphatic rings. The molecule has 0 radical (unpaired) electrons. The van der Waals surface area contributed by atoms with E-state index >= 15 is 0 Å². The molecule has 0 amide bonds. The lowest BCUT2D eigenvalue weighted by Crippen LogP contribution is -2.29. The lowest BCUT2D eigenvalue weighted by molar-refractivity contribution is -0.137. The van der Waals surface area contributed by atoms with Crippen molar-refractivity contribution in [3.8, 4) is 0 Å². The maximum atomic E-state index is 12.9. The highest BCUT2D eigenvalue weighted by molar-refractivity contribution is 7.89. The SMILES string of the molecule is O=C(O)CCCc1ccc(C(NS(=O)(=O)c2ccc(Cl)cc2)c2cccs2)cc1. The fourth-order valence-corrected chi connectivity index (χ4v) is 5.11. The Kier molecular flexibility index (Phi) is 7.08. The van der Waals surface area contributed by atoms with Crippen LogP contribution in [0.1, 0.15) is 34.9 Å². The summed E-state index contributed by atoms with van der Waals surface area (Å²) >= 11 is 7.34. The Hall–Kier alpha value is -2.19. The molecule has 0 fully saturated rings. The number of hydrogen-bond acceptors (Lipinski definition) is 4. The third-order valence-corrected chi connectivity index (χ3v) is 7.02. The standard InChI is InChI=1S/C21H20ClNO4S2/c22-17-10-12-18(13-11-17)29(26,27)23-21(19-4-2-14-28-19)16-8-6-15(7-9-16)3-1-5-20(24)25/h2,4,6-14,21,23H,1,3,5H2,(H,24,25). The van der Waals surface area contributed by atoms with Crippen LogP contribution in [-0.4, -0.2) is 19.5 Å². The Balaban J connectivity index is 1.83. The van der Waals surface area contributed by atoms with Crippen molar-refractivity contribution in [2.75, 3.05) is 0 Å². The summed E-state index contributed by atoms with van der Waals surface area (Å²) in [6.07, 6.45) is 1.35. The maximum absolute atomic E-state index is 12.9. The second-order valence-electron chi connectivity index (χ2n) is 6.51. The minimum atomic E-state index is -3.75. The number of hydrogen-bond donors (Lipinski definition) is 2. The predicted molar refractivity (Wildman–Crippen MR) is 115 cm³/mol. The van der Waals surface area contributed by atoms with Gasteiger partial charge in [-0.3, -0.25) is 4.79 Å². The fourth-order valence-electron chi connectivity index (χ4n) is 2.90. The van der Waals surface area contributed by atoms with E-state index in [2.05, 4.69) is 4.72 Å². The number of sulfonamides is 1. The number of rotatable bonds is 9. The normalized spacial score (nSPS) is 12.6. The Bertz CT molecular complexity index is 1050. The van der Waals surface area contributed by atoms with Crippen molar-refractivity contribution >= 4 is 38.9 Å². The average molecular weight is 450 g/mol. The van der Waals surface area contributed by atoms with Crippen molar-refractivity contribution in [2.24, 2.45) is 0 Å². The Morgan fingerprint density at radius 2 is 1.76 bits per heavy atom. The van der Waals surface area contributed by atoms with Crippen LogP contribution in [0, 0.1) is 0 Å². The third kappa shape index (κ3) is 5.90. The van der Waals surface area contributed by atoms with Gasteiger partial charge in [0.05, 0.1) is 10.9 Å². The van der Waals surface area contributed by atoms with Crippen LogP contribution in [0.25, 0.3) is 0 Å². The number of nitrogens with one attached hydrogen (secondary N) is 1. The van der Waals surface area contributed by atoms with Gasteiger partial charge in [-0.1, -0.05) is 41.9 Å². The summed E-state index contributed by atoms with van der Waals surface area (Å²) in [4.78, 5) is 11.7. The van der Waals surface area contributed by atoms with Crippen molar-refractivity contribution in [1.82, 2.24) is 4.72 Å². The number of halogens is 1. The minimum Gasteiger partial charge on any atom is -0.481 e. The van der Waals surface area contributed by atoms with Gasteiger partial charge in [-0.25, -0.2) is 8.42 Å². The molecule has 0 saturated carbocycles. The molecule has 0 bridgehead atoms. The summed E-state index contributed by atoms with van der Waals surface area (Å²) in [6, 6.07) is 16.9. The summed E-state index contributed by atoms with van der Waals surface area (Å²) in [5.41, 5.74) is 1.83. The van der Waals surface area contributed by atoms with Gasteiger partial charge in [-0.2, -0.15) is 4.72 Å². The zero-order chi connectivity index (χ0) is 20.9. The van der Waals surface area contributed by atoms with E-state index in [4.69, 9.17) is 16.7 Å². The predicted octanol–water partition coefficient (Wildman–Crippen LogP) is 4.88. The van der Waals surface area contributed by atoms with Crippen LogP contribution in [0.5, 0.6) is 0 Å². The van der Waals surface area contributed by atoms with Crippen LogP contribution in [0.4, 0.5) is 0 Å². The van der Waals surface area contributed by atoms with Crippen molar-refractivity contribution in [3.05, 3.63) is 87.1 Å². The number of thiophene rings is 1.